The topological polar surface area (TPSA) is 91.8 Å². The Morgan fingerprint density at radius 1 is 1.15 bits per heavy atom. The van der Waals surface area contributed by atoms with Crippen LogP contribution in [0.5, 0.6) is 0 Å². The number of carboxylic acid groups (broad SMARTS) is 1. The second-order valence-corrected chi connectivity index (χ2v) is 8.48. The molecule has 1 heterocycles. The minimum Gasteiger partial charge on any atom is -0.481 e. The van der Waals surface area contributed by atoms with Crippen LogP contribution in [0.2, 0.25) is 0 Å². The molecule has 136 valence electrons. The zero-order valence-corrected chi connectivity index (χ0v) is 15.1. The molecule has 26 heavy (non-hydrogen) atoms. The Kier molecular flexibility index (Phi) is 4.82. The predicted octanol–water partition coefficient (Wildman–Crippen LogP) is 2.30. The van der Waals surface area contributed by atoms with Crippen molar-refractivity contribution in [1.29, 1.82) is 0 Å². The summed E-state index contributed by atoms with van der Waals surface area (Å²) in [6.45, 7) is 1.89. The monoisotopic (exact) mass is 373 g/mol. The highest BCUT2D eigenvalue weighted by molar-refractivity contribution is 7.91. The normalized spacial score (nSPS) is 16.8. The first-order valence-corrected chi connectivity index (χ1v) is 9.91. The number of sulfone groups is 1. The van der Waals surface area contributed by atoms with Crippen LogP contribution in [0.4, 0.5) is 0 Å². The third-order valence-corrected chi connectivity index (χ3v) is 6.33. The fourth-order valence-corrected chi connectivity index (χ4v) is 4.07. The maximum absolute atomic E-state index is 12.9. The standard InChI is InChI=1S/C19H19NO5S/c1-2-26(24,25)15-8-5-7-13(10-15)18(21)20-11-14-6-3-4-9-16(14)17(12-20)19(22)23/h3-10,17H,2,11-12H2,1H3,(H,22,23). The highest BCUT2D eigenvalue weighted by atomic mass is 32.2. The molecule has 0 radical (unpaired) electrons. The van der Waals surface area contributed by atoms with Crippen molar-refractivity contribution >= 4 is 21.7 Å². The van der Waals surface area contributed by atoms with Crippen LogP contribution in [0.15, 0.2) is 53.4 Å². The third-order valence-electron chi connectivity index (χ3n) is 4.60. The summed E-state index contributed by atoms with van der Waals surface area (Å²) in [5.74, 6) is -2.22. The molecular weight excluding hydrogens is 354 g/mol. The molecule has 6 nitrogen and oxygen atoms in total. The van der Waals surface area contributed by atoms with Crippen LogP contribution in [-0.4, -0.2) is 42.6 Å². The van der Waals surface area contributed by atoms with E-state index < -0.39 is 21.7 Å². The molecule has 1 amide bonds. The number of fused-ring (bicyclic) bond motifs is 1. The number of carbonyl (C=O) groups excluding carboxylic acids is 1. The molecule has 0 saturated carbocycles. The number of hydrogen-bond donors (Lipinski definition) is 1. The van der Waals surface area contributed by atoms with Gasteiger partial charge in [-0.3, -0.25) is 9.59 Å². The van der Waals surface area contributed by atoms with Gasteiger partial charge in [0.05, 0.1) is 16.6 Å². The molecule has 1 atom stereocenters. The second-order valence-electron chi connectivity index (χ2n) is 6.21. The van der Waals surface area contributed by atoms with E-state index in [-0.39, 0.29) is 28.7 Å². The summed E-state index contributed by atoms with van der Waals surface area (Å²) in [4.78, 5) is 26.1. The highest BCUT2D eigenvalue weighted by Gasteiger charge is 2.32. The van der Waals surface area contributed by atoms with Gasteiger partial charge >= 0.3 is 5.97 Å². The second kappa shape index (κ2) is 6.92. The summed E-state index contributed by atoms with van der Waals surface area (Å²) in [5, 5.41) is 9.52. The Balaban J connectivity index is 1.94. The predicted molar refractivity (Wildman–Crippen MR) is 95.7 cm³/mol. The van der Waals surface area contributed by atoms with Gasteiger partial charge in [0.2, 0.25) is 0 Å². The lowest BCUT2D eigenvalue weighted by atomic mass is 9.89. The summed E-state index contributed by atoms with van der Waals surface area (Å²) in [6.07, 6.45) is 0. The Bertz CT molecular complexity index is 967. The lowest BCUT2D eigenvalue weighted by molar-refractivity contribution is -0.139. The molecule has 3 rings (SSSR count). The summed E-state index contributed by atoms with van der Waals surface area (Å²) in [5.41, 5.74) is 1.74. The summed E-state index contributed by atoms with van der Waals surface area (Å²) >= 11 is 0. The largest absolute Gasteiger partial charge is 0.481 e. The SMILES string of the molecule is CCS(=O)(=O)c1cccc(C(=O)N2Cc3ccccc3C(C(=O)O)C2)c1. The van der Waals surface area contributed by atoms with Gasteiger partial charge in [0, 0.05) is 18.7 Å². The minimum absolute atomic E-state index is 0.0515. The Hall–Kier alpha value is -2.67. The zero-order valence-electron chi connectivity index (χ0n) is 14.3. The Morgan fingerprint density at radius 3 is 2.58 bits per heavy atom. The van der Waals surface area contributed by atoms with Gasteiger partial charge in [0.1, 0.15) is 0 Å². The summed E-state index contributed by atoms with van der Waals surface area (Å²) in [6, 6.07) is 13.1. The molecule has 7 heteroatoms. The highest BCUT2D eigenvalue weighted by Crippen LogP contribution is 2.29. The van der Waals surface area contributed by atoms with E-state index >= 15 is 0 Å². The Morgan fingerprint density at radius 2 is 1.88 bits per heavy atom. The maximum Gasteiger partial charge on any atom is 0.312 e. The first kappa shape index (κ1) is 18.1. The van der Waals surface area contributed by atoms with Crippen LogP contribution in [0, 0.1) is 0 Å². The van der Waals surface area contributed by atoms with Gasteiger partial charge in [-0.2, -0.15) is 0 Å². The lowest BCUT2D eigenvalue weighted by Gasteiger charge is -2.33. The number of nitrogens with zero attached hydrogens (tertiary/aromatic N) is 1. The van der Waals surface area contributed by atoms with Crippen LogP contribution in [0.3, 0.4) is 0 Å². The number of carbonyl (C=O) groups is 2. The van der Waals surface area contributed by atoms with Crippen molar-refractivity contribution in [3.63, 3.8) is 0 Å². The molecule has 0 saturated heterocycles. The van der Waals surface area contributed by atoms with Crippen LogP contribution in [-0.2, 0) is 21.2 Å². The first-order valence-electron chi connectivity index (χ1n) is 8.26. The fourth-order valence-electron chi connectivity index (χ4n) is 3.14. The van der Waals surface area contributed by atoms with Gasteiger partial charge in [-0.1, -0.05) is 37.3 Å². The molecule has 0 aromatic heterocycles. The van der Waals surface area contributed by atoms with Crippen LogP contribution >= 0.6 is 0 Å². The van der Waals surface area contributed by atoms with Gasteiger partial charge in [-0.05, 0) is 29.3 Å². The van der Waals surface area contributed by atoms with E-state index in [1.807, 2.05) is 6.07 Å². The van der Waals surface area contributed by atoms with Gasteiger partial charge in [-0.15, -0.1) is 0 Å². The van der Waals surface area contributed by atoms with Crippen molar-refractivity contribution in [2.75, 3.05) is 12.3 Å². The van der Waals surface area contributed by atoms with Gasteiger partial charge < -0.3 is 10.0 Å². The van der Waals surface area contributed by atoms with E-state index in [9.17, 15) is 23.1 Å². The zero-order chi connectivity index (χ0) is 18.9. The smallest absolute Gasteiger partial charge is 0.312 e. The van der Waals surface area contributed by atoms with Gasteiger partial charge in [0.15, 0.2) is 9.84 Å². The average Bonchev–Trinajstić information content (AvgIpc) is 2.66. The number of carboxylic acids is 1. The number of amides is 1. The van der Waals surface area contributed by atoms with Crippen molar-refractivity contribution in [2.45, 2.75) is 24.3 Å². The molecule has 0 fully saturated rings. The van der Waals surface area contributed by atoms with Crippen LogP contribution < -0.4 is 0 Å². The Labute approximate surface area is 152 Å². The van der Waals surface area contributed by atoms with Crippen molar-refractivity contribution in [1.82, 2.24) is 4.90 Å². The van der Waals surface area contributed by atoms with E-state index in [1.54, 1.807) is 31.2 Å². The minimum atomic E-state index is -3.42. The van der Waals surface area contributed by atoms with Crippen molar-refractivity contribution < 1.29 is 23.1 Å². The molecule has 1 aliphatic heterocycles. The van der Waals surface area contributed by atoms with E-state index in [0.717, 1.165) is 5.56 Å². The molecule has 0 spiro atoms. The van der Waals surface area contributed by atoms with E-state index in [0.29, 0.717) is 12.1 Å². The molecule has 2 aromatic carbocycles. The molecule has 1 N–H and O–H groups in total. The molecule has 1 unspecified atom stereocenters. The van der Waals surface area contributed by atoms with Crippen molar-refractivity contribution in [2.24, 2.45) is 0 Å². The molecular formula is C19H19NO5S. The van der Waals surface area contributed by atoms with E-state index in [1.165, 1.54) is 23.1 Å². The number of aliphatic carboxylic acids is 1. The summed E-state index contributed by atoms with van der Waals surface area (Å²) in [7, 11) is -3.42. The third kappa shape index (κ3) is 3.35. The fraction of sp³-hybridized carbons (Fsp3) is 0.263. The lowest BCUT2D eigenvalue weighted by Crippen LogP contribution is -2.40. The van der Waals surface area contributed by atoms with Crippen molar-refractivity contribution in [3.05, 3.63) is 65.2 Å². The quantitative estimate of drug-likeness (QED) is 0.888. The number of benzene rings is 2. The molecule has 0 aliphatic carbocycles. The van der Waals surface area contributed by atoms with E-state index in [4.69, 9.17) is 0 Å². The average molecular weight is 373 g/mol. The first-order chi connectivity index (χ1) is 12.3. The molecule has 0 bridgehead atoms. The maximum atomic E-state index is 12.9. The molecule has 1 aliphatic rings. The van der Waals surface area contributed by atoms with Crippen LogP contribution in [0.25, 0.3) is 0 Å². The van der Waals surface area contributed by atoms with E-state index in [2.05, 4.69) is 0 Å². The van der Waals surface area contributed by atoms with Gasteiger partial charge in [-0.25, -0.2) is 8.42 Å². The summed E-state index contributed by atoms with van der Waals surface area (Å²) < 4.78 is 24.1. The molecule has 2 aromatic rings. The van der Waals surface area contributed by atoms with Crippen molar-refractivity contribution in [3.8, 4) is 0 Å². The van der Waals surface area contributed by atoms with Crippen LogP contribution in [0.1, 0.15) is 34.3 Å². The number of hydrogen-bond acceptors (Lipinski definition) is 4. The number of rotatable bonds is 4. The van der Waals surface area contributed by atoms with Gasteiger partial charge in [0.25, 0.3) is 5.91 Å².